The van der Waals surface area contributed by atoms with Gasteiger partial charge in [-0.05, 0) is 34.1 Å². The highest BCUT2D eigenvalue weighted by Crippen LogP contribution is 2.21. The molecule has 0 saturated heterocycles. The molecule has 6 heteroatoms. The van der Waals surface area contributed by atoms with Gasteiger partial charge in [-0.15, -0.1) is 0 Å². The number of aromatic nitrogens is 2. The van der Waals surface area contributed by atoms with Gasteiger partial charge in [0, 0.05) is 29.3 Å². The Bertz CT molecular complexity index is 611. The fourth-order valence-electron chi connectivity index (χ4n) is 1.54. The number of nitrogens with two attached hydrogens (primary N) is 1. The van der Waals surface area contributed by atoms with E-state index in [-0.39, 0.29) is 0 Å². The number of aryl methyl sites for hydroxylation is 1. The van der Waals surface area contributed by atoms with E-state index in [1.807, 2.05) is 12.1 Å². The summed E-state index contributed by atoms with van der Waals surface area (Å²) in [4.78, 5) is 0. The van der Waals surface area contributed by atoms with Crippen molar-refractivity contribution in [3.8, 4) is 6.07 Å². The molecule has 0 atom stereocenters. The van der Waals surface area contributed by atoms with Crippen LogP contribution in [0.15, 0.2) is 28.9 Å². The Morgan fingerprint density at radius 2 is 2.33 bits per heavy atom. The van der Waals surface area contributed by atoms with Gasteiger partial charge in [-0.1, -0.05) is 0 Å². The zero-order valence-electron chi connectivity index (χ0n) is 9.81. The molecular weight excluding hydrogens is 294 g/mol. The molecule has 2 rings (SSSR count). The van der Waals surface area contributed by atoms with Crippen LogP contribution in [0.2, 0.25) is 0 Å². The minimum absolute atomic E-state index is 0.595. The van der Waals surface area contributed by atoms with Crippen LogP contribution >= 0.6 is 15.9 Å². The van der Waals surface area contributed by atoms with E-state index in [2.05, 4.69) is 32.4 Å². The van der Waals surface area contributed by atoms with Gasteiger partial charge in [-0.25, -0.2) is 0 Å². The van der Waals surface area contributed by atoms with Crippen LogP contribution < -0.4 is 11.1 Å². The molecule has 1 aromatic carbocycles. The number of rotatable bonds is 3. The number of nitrogens with one attached hydrogen (secondary N) is 1. The van der Waals surface area contributed by atoms with Crippen molar-refractivity contribution in [1.29, 1.82) is 5.26 Å². The van der Waals surface area contributed by atoms with Crippen molar-refractivity contribution in [3.63, 3.8) is 0 Å². The smallest absolute Gasteiger partial charge is 0.126 e. The number of nitrogen functional groups attached to an aromatic ring is 1. The molecule has 18 heavy (non-hydrogen) atoms. The number of halogens is 1. The molecule has 0 aliphatic heterocycles. The summed E-state index contributed by atoms with van der Waals surface area (Å²) in [5.74, 6) is 0.648. The van der Waals surface area contributed by atoms with E-state index in [0.717, 1.165) is 15.7 Å². The van der Waals surface area contributed by atoms with Crippen LogP contribution in [0.1, 0.15) is 11.1 Å². The van der Waals surface area contributed by atoms with Gasteiger partial charge in [0.05, 0.1) is 11.8 Å². The molecule has 0 radical (unpaired) electrons. The molecule has 0 aliphatic rings. The first-order valence-electron chi connectivity index (χ1n) is 5.31. The van der Waals surface area contributed by atoms with E-state index in [9.17, 15) is 0 Å². The normalized spacial score (nSPS) is 10.1. The average Bonchev–Trinajstić information content (AvgIpc) is 2.68. The first kappa shape index (κ1) is 12.5. The first-order valence-corrected chi connectivity index (χ1v) is 6.11. The lowest BCUT2D eigenvalue weighted by Crippen LogP contribution is -2.04. The number of hydrogen-bond acceptors (Lipinski definition) is 4. The molecule has 5 nitrogen and oxygen atoms in total. The molecule has 0 fully saturated rings. The fourth-order valence-corrected chi connectivity index (χ4v) is 2.01. The second-order valence-electron chi connectivity index (χ2n) is 3.84. The van der Waals surface area contributed by atoms with Crippen LogP contribution in [0.25, 0.3) is 0 Å². The molecule has 1 aromatic heterocycles. The number of anilines is 2. The fraction of sp³-hybridized carbons (Fsp3) is 0.167. The lowest BCUT2D eigenvalue weighted by molar-refractivity contribution is 0.778. The molecule has 0 aliphatic carbocycles. The largest absolute Gasteiger partial charge is 0.384 e. The second kappa shape index (κ2) is 5.10. The summed E-state index contributed by atoms with van der Waals surface area (Å²) in [5.41, 5.74) is 8.33. The maximum Gasteiger partial charge on any atom is 0.126 e. The highest BCUT2D eigenvalue weighted by atomic mass is 79.9. The van der Waals surface area contributed by atoms with Crippen LogP contribution in [-0.2, 0) is 13.6 Å². The highest BCUT2D eigenvalue weighted by Gasteiger charge is 2.05. The second-order valence-corrected chi connectivity index (χ2v) is 4.69. The van der Waals surface area contributed by atoms with Gasteiger partial charge in [-0.3, -0.25) is 4.68 Å². The van der Waals surface area contributed by atoms with E-state index >= 15 is 0 Å². The van der Waals surface area contributed by atoms with Crippen molar-refractivity contribution >= 4 is 27.4 Å². The van der Waals surface area contributed by atoms with Crippen LogP contribution in [0.5, 0.6) is 0 Å². The van der Waals surface area contributed by atoms with E-state index in [1.54, 1.807) is 24.0 Å². The van der Waals surface area contributed by atoms with Crippen molar-refractivity contribution < 1.29 is 0 Å². The van der Waals surface area contributed by atoms with Crippen molar-refractivity contribution in [3.05, 3.63) is 40.0 Å². The minimum Gasteiger partial charge on any atom is -0.384 e. The van der Waals surface area contributed by atoms with Crippen LogP contribution in [0.3, 0.4) is 0 Å². The number of nitrogens with zero attached hydrogens (tertiary/aromatic N) is 3. The zero-order chi connectivity index (χ0) is 13.1. The lowest BCUT2D eigenvalue weighted by atomic mass is 10.2. The van der Waals surface area contributed by atoms with E-state index in [0.29, 0.717) is 17.9 Å². The van der Waals surface area contributed by atoms with Crippen molar-refractivity contribution in [2.24, 2.45) is 7.05 Å². The predicted molar refractivity (Wildman–Crippen MR) is 73.8 cm³/mol. The van der Waals surface area contributed by atoms with Gasteiger partial charge in [0.25, 0.3) is 0 Å². The minimum atomic E-state index is 0.595. The molecule has 3 N–H and O–H groups in total. The van der Waals surface area contributed by atoms with Gasteiger partial charge in [0.2, 0.25) is 0 Å². The Morgan fingerprint density at radius 1 is 1.56 bits per heavy atom. The van der Waals surface area contributed by atoms with E-state index < -0.39 is 0 Å². The summed E-state index contributed by atoms with van der Waals surface area (Å²) >= 11 is 3.35. The third-order valence-corrected chi connectivity index (χ3v) is 3.29. The van der Waals surface area contributed by atoms with Gasteiger partial charge in [-0.2, -0.15) is 10.4 Å². The standard InChI is InChI=1S/C12H12BrN5/c1-18-12(15)9(7-17-18)6-16-10-3-2-8(5-14)11(13)4-10/h2-4,7,16H,6,15H2,1H3. The quantitative estimate of drug-likeness (QED) is 0.911. The molecular formula is C12H12BrN5. The molecule has 0 amide bonds. The van der Waals surface area contributed by atoms with E-state index in [1.165, 1.54) is 0 Å². The topological polar surface area (TPSA) is 79.7 Å². The Balaban J connectivity index is 2.09. The van der Waals surface area contributed by atoms with Gasteiger partial charge in [0.15, 0.2) is 0 Å². The summed E-state index contributed by atoms with van der Waals surface area (Å²) < 4.78 is 2.40. The maximum atomic E-state index is 8.83. The molecule has 2 aromatic rings. The SMILES string of the molecule is Cn1ncc(CNc2ccc(C#N)c(Br)c2)c1N. The summed E-state index contributed by atoms with van der Waals surface area (Å²) in [6, 6.07) is 7.59. The van der Waals surface area contributed by atoms with Crippen LogP contribution in [0, 0.1) is 11.3 Å². The summed E-state index contributed by atoms with van der Waals surface area (Å²) in [7, 11) is 1.80. The third-order valence-electron chi connectivity index (χ3n) is 2.64. The Morgan fingerprint density at radius 3 is 2.89 bits per heavy atom. The molecule has 0 spiro atoms. The average molecular weight is 306 g/mol. The summed E-state index contributed by atoms with van der Waals surface area (Å²) in [5, 5.41) is 16.1. The van der Waals surface area contributed by atoms with Gasteiger partial charge >= 0.3 is 0 Å². The van der Waals surface area contributed by atoms with E-state index in [4.69, 9.17) is 11.0 Å². The van der Waals surface area contributed by atoms with Crippen molar-refractivity contribution in [2.75, 3.05) is 11.1 Å². The van der Waals surface area contributed by atoms with Crippen molar-refractivity contribution in [2.45, 2.75) is 6.54 Å². The van der Waals surface area contributed by atoms with Crippen LogP contribution in [-0.4, -0.2) is 9.78 Å². The Labute approximate surface area is 113 Å². The third kappa shape index (κ3) is 2.46. The Kier molecular flexibility index (Phi) is 3.53. The number of benzene rings is 1. The summed E-state index contributed by atoms with van der Waals surface area (Å²) in [6.45, 7) is 0.595. The first-order chi connectivity index (χ1) is 8.61. The maximum absolute atomic E-state index is 8.83. The van der Waals surface area contributed by atoms with Crippen molar-refractivity contribution in [1.82, 2.24) is 9.78 Å². The number of nitriles is 1. The van der Waals surface area contributed by atoms with Gasteiger partial charge in [0.1, 0.15) is 11.9 Å². The van der Waals surface area contributed by atoms with Crippen LogP contribution in [0.4, 0.5) is 11.5 Å². The monoisotopic (exact) mass is 305 g/mol. The van der Waals surface area contributed by atoms with Gasteiger partial charge < -0.3 is 11.1 Å². The molecule has 0 saturated carbocycles. The molecule has 0 unspecified atom stereocenters. The molecule has 1 heterocycles. The Hall–Kier alpha value is -2.00. The zero-order valence-corrected chi connectivity index (χ0v) is 11.4. The molecule has 92 valence electrons. The molecule has 0 bridgehead atoms. The number of hydrogen-bond donors (Lipinski definition) is 2. The lowest BCUT2D eigenvalue weighted by Gasteiger charge is -2.07. The summed E-state index contributed by atoms with van der Waals surface area (Å²) in [6.07, 6.45) is 1.74. The highest BCUT2D eigenvalue weighted by molar-refractivity contribution is 9.10. The predicted octanol–water partition coefficient (Wildman–Crippen LogP) is 2.25.